The molecule has 0 radical (unpaired) electrons. The topological polar surface area (TPSA) is 37.4 Å². The number of nitrogens with zero attached hydrogens (tertiary/aromatic N) is 1. The second-order valence-corrected chi connectivity index (χ2v) is 2.38. The lowest BCUT2D eigenvalue weighted by Crippen LogP contribution is -2.21. The highest BCUT2D eigenvalue weighted by atomic mass is 16.2. The molecule has 3 nitrogen and oxygen atoms in total. The summed E-state index contributed by atoms with van der Waals surface area (Å²) in [5, 5.41) is 0. The highest BCUT2D eigenvalue weighted by molar-refractivity contribution is 6.07. The van der Waals surface area contributed by atoms with Crippen molar-refractivity contribution in [3.8, 4) is 0 Å². The van der Waals surface area contributed by atoms with Crippen molar-refractivity contribution in [2.75, 3.05) is 13.6 Å². The Morgan fingerprint density at radius 1 is 1.56 bits per heavy atom. The first-order valence-electron chi connectivity index (χ1n) is 2.90. The van der Waals surface area contributed by atoms with Crippen LogP contribution in [0.3, 0.4) is 0 Å². The Morgan fingerprint density at radius 2 is 2.11 bits per heavy atom. The molecule has 1 heterocycles. The summed E-state index contributed by atoms with van der Waals surface area (Å²) < 4.78 is 0. The van der Waals surface area contributed by atoms with E-state index >= 15 is 0 Å². The van der Waals surface area contributed by atoms with Crippen LogP contribution in [0, 0.1) is 5.92 Å². The van der Waals surface area contributed by atoms with Crippen LogP contribution in [0.4, 0.5) is 0 Å². The van der Waals surface area contributed by atoms with Crippen molar-refractivity contribution in [1.82, 2.24) is 4.90 Å². The van der Waals surface area contributed by atoms with Gasteiger partial charge in [0.1, 0.15) is 0 Å². The Kier molecular flexibility index (Phi) is 1.27. The summed E-state index contributed by atoms with van der Waals surface area (Å²) in [5.74, 6) is -0.419. The second kappa shape index (κ2) is 1.83. The second-order valence-electron chi connectivity index (χ2n) is 2.38. The zero-order valence-corrected chi connectivity index (χ0v) is 5.55. The van der Waals surface area contributed by atoms with E-state index in [1.807, 2.05) is 0 Å². The minimum Gasteiger partial charge on any atom is -0.338 e. The zero-order chi connectivity index (χ0) is 7.02. The van der Waals surface area contributed by atoms with Crippen LogP contribution in [0.2, 0.25) is 0 Å². The van der Waals surface area contributed by atoms with Gasteiger partial charge in [0, 0.05) is 7.05 Å². The number of likely N-dealkylation sites (N-methyl/N-ethyl adjacent to an activating group) is 1. The summed E-state index contributed by atoms with van der Waals surface area (Å²) in [7, 11) is 1.64. The average Bonchev–Trinajstić information content (AvgIpc) is 1.98. The number of hydrogen-bond acceptors (Lipinski definition) is 2. The van der Waals surface area contributed by atoms with Crippen molar-refractivity contribution in [3.05, 3.63) is 0 Å². The SMILES string of the molecule is CC1C(=O)CN(C)C1=O. The molecule has 1 aliphatic rings. The summed E-state index contributed by atoms with van der Waals surface area (Å²) >= 11 is 0. The van der Waals surface area contributed by atoms with E-state index in [9.17, 15) is 9.59 Å². The number of rotatable bonds is 0. The van der Waals surface area contributed by atoms with Crippen molar-refractivity contribution in [1.29, 1.82) is 0 Å². The number of hydrogen-bond donors (Lipinski definition) is 0. The zero-order valence-electron chi connectivity index (χ0n) is 5.55. The Hall–Kier alpha value is -0.860. The van der Waals surface area contributed by atoms with Gasteiger partial charge < -0.3 is 4.90 Å². The van der Waals surface area contributed by atoms with Gasteiger partial charge in [-0.25, -0.2) is 0 Å². The van der Waals surface area contributed by atoms with Crippen molar-refractivity contribution in [2.24, 2.45) is 5.92 Å². The number of likely N-dealkylation sites (tertiary alicyclic amines) is 1. The molecular weight excluding hydrogens is 118 g/mol. The van der Waals surface area contributed by atoms with E-state index in [1.165, 1.54) is 4.90 Å². The van der Waals surface area contributed by atoms with Gasteiger partial charge in [-0.3, -0.25) is 9.59 Å². The summed E-state index contributed by atoms with van der Waals surface area (Å²) in [5.41, 5.74) is 0. The van der Waals surface area contributed by atoms with Gasteiger partial charge in [-0.05, 0) is 6.92 Å². The molecule has 1 saturated heterocycles. The fourth-order valence-corrected chi connectivity index (χ4v) is 0.917. The maximum Gasteiger partial charge on any atom is 0.233 e. The normalized spacial score (nSPS) is 27.8. The molecule has 0 bridgehead atoms. The number of amides is 1. The van der Waals surface area contributed by atoms with E-state index in [0.717, 1.165) is 0 Å². The van der Waals surface area contributed by atoms with Gasteiger partial charge in [-0.2, -0.15) is 0 Å². The molecule has 0 aliphatic carbocycles. The number of carbonyl (C=O) groups excluding carboxylic acids is 2. The van der Waals surface area contributed by atoms with Crippen molar-refractivity contribution >= 4 is 11.7 Å². The third-order valence-corrected chi connectivity index (χ3v) is 1.62. The first-order chi connectivity index (χ1) is 4.13. The van der Waals surface area contributed by atoms with Gasteiger partial charge in [-0.15, -0.1) is 0 Å². The fourth-order valence-electron chi connectivity index (χ4n) is 0.917. The molecule has 9 heavy (non-hydrogen) atoms. The van der Waals surface area contributed by atoms with E-state index in [-0.39, 0.29) is 11.7 Å². The van der Waals surface area contributed by atoms with Crippen molar-refractivity contribution < 1.29 is 9.59 Å². The molecular formula is C6H9NO2. The van der Waals surface area contributed by atoms with Crippen LogP contribution in [-0.4, -0.2) is 30.2 Å². The van der Waals surface area contributed by atoms with Crippen LogP contribution in [0.25, 0.3) is 0 Å². The molecule has 0 aromatic carbocycles. The molecule has 1 unspecified atom stereocenters. The van der Waals surface area contributed by atoms with Gasteiger partial charge in [0.25, 0.3) is 0 Å². The lowest BCUT2D eigenvalue weighted by molar-refractivity contribution is -0.130. The Morgan fingerprint density at radius 3 is 2.22 bits per heavy atom. The smallest absolute Gasteiger partial charge is 0.233 e. The van der Waals surface area contributed by atoms with Gasteiger partial charge >= 0.3 is 0 Å². The van der Waals surface area contributed by atoms with E-state index in [2.05, 4.69) is 0 Å². The van der Waals surface area contributed by atoms with Crippen LogP contribution in [0.1, 0.15) is 6.92 Å². The lowest BCUT2D eigenvalue weighted by Gasteiger charge is -2.03. The summed E-state index contributed by atoms with van der Waals surface area (Å²) in [4.78, 5) is 23.0. The summed E-state index contributed by atoms with van der Waals surface area (Å²) in [6.45, 7) is 1.94. The number of ketones is 1. The lowest BCUT2D eigenvalue weighted by atomic mass is 10.1. The Labute approximate surface area is 53.6 Å². The first kappa shape index (κ1) is 6.26. The molecule has 1 fully saturated rings. The van der Waals surface area contributed by atoms with Crippen molar-refractivity contribution in [3.63, 3.8) is 0 Å². The molecule has 1 amide bonds. The van der Waals surface area contributed by atoms with Gasteiger partial charge in [-0.1, -0.05) is 0 Å². The predicted octanol–water partition coefficient (Wildman–Crippen LogP) is -0.336. The molecule has 0 saturated carbocycles. The number of Topliss-reactive ketones (excluding diaryl/α,β-unsaturated/α-hetero) is 1. The Bertz CT molecular complexity index is 164. The molecule has 0 spiro atoms. The largest absolute Gasteiger partial charge is 0.338 e. The Balaban J connectivity index is 2.77. The summed E-state index contributed by atoms with van der Waals surface area (Å²) in [6.07, 6.45) is 0. The quantitative estimate of drug-likeness (QED) is 0.417. The van der Waals surface area contributed by atoms with Gasteiger partial charge in [0.05, 0.1) is 12.5 Å². The van der Waals surface area contributed by atoms with E-state index < -0.39 is 5.92 Å². The van der Waals surface area contributed by atoms with Crippen LogP contribution >= 0.6 is 0 Å². The molecule has 1 aliphatic heterocycles. The molecule has 0 aromatic heterocycles. The molecule has 0 aromatic rings. The van der Waals surface area contributed by atoms with Crippen LogP contribution in [0.15, 0.2) is 0 Å². The third-order valence-electron chi connectivity index (χ3n) is 1.62. The minimum absolute atomic E-state index is 0.0301. The molecule has 3 heteroatoms. The number of carbonyl (C=O) groups is 2. The monoisotopic (exact) mass is 127 g/mol. The minimum atomic E-state index is -0.394. The standard InChI is InChI=1S/C6H9NO2/c1-4-5(8)3-7(2)6(4)9/h4H,3H2,1-2H3. The molecule has 1 rings (SSSR count). The van der Waals surface area contributed by atoms with Crippen molar-refractivity contribution in [2.45, 2.75) is 6.92 Å². The maximum absolute atomic E-state index is 10.8. The molecule has 50 valence electrons. The molecule has 0 N–H and O–H groups in total. The third kappa shape index (κ3) is 0.823. The highest BCUT2D eigenvalue weighted by Gasteiger charge is 2.32. The average molecular weight is 127 g/mol. The van der Waals surface area contributed by atoms with E-state index in [0.29, 0.717) is 6.54 Å². The van der Waals surface area contributed by atoms with Gasteiger partial charge in [0.2, 0.25) is 5.91 Å². The van der Waals surface area contributed by atoms with Crippen LogP contribution < -0.4 is 0 Å². The van der Waals surface area contributed by atoms with E-state index in [1.54, 1.807) is 14.0 Å². The molecule has 1 atom stereocenters. The highest BCUT2D eigenvalue weighted by Crippen LogP contribution is 2.10. The maximum atomic E-state index is 10.8. The summed E-state index contributed by atoms with van der Waals surface area (Å²) in [6, 6.07) is 0. The first-order valence-corrected chi connectivity index (χ1v) is 2.90. The van der Waals surface area contributed by atoms with E-state index in [4.69, 9.17) is 0 Å². The predicted molar refractivity (Wildman–Crippen MR) is 31.8 cm³/mol. The van der Waals surface area contributed by atoms with Crippen LogP contribution in [0.5, 0.6) is 0 Å². The fraction of sp³-hybridized carbons (Fsp3) is 0.667. The van der Waals surface area contributed by atoms with Crippen LogP contribution in [-0.2, 0) is 9.59 Å². The van der Waals surface area contributed by atoms with Gasteiger partial charge in [0.15, 0.2) is 5.78 Å².